The second-order valence-corrected chi connectivity index (χ2v) is 6.19. The van der Waals surface area contributed by atoms with E-state index < -0.39 is 22.0 Å². The number of methoxy groups -OCH3 is 1. The van der Waals surface area contributed by atoms with E-state index in [1.54, 1.807) is 0 Å². The maximum absolute atomic E-state index is 12.2. The maximum atomic E-state index is 12.2. The van der Waals surface area contributed by atoms with Crippen molar-refractivity contribution in [1.82, 2.24) is 9.29 Å². The summed E-state index contributed by atoms with van der Waals surface area (Å²) in [6.07, 6.45) is 1.41. The van der Waals surface area contributed by atoms with Crippen molar-refractivity contribution in [3.8, 4) is 0 Å². The van der Waals surface area contributed by atoms with Crippen LogP contribution in [0.1, 0.15) is 23.2 Å². The van der Waals surface area contributed by atoms with Gasteiger partial charge in [-0.1, -0.05) is 0 Å². The molecule has 116 valence electrons. The Hall–Kier alpha value is -2.00. The lowest BCUT2D eigenvalue weighted by Crippen LogP contribution is -2.29. The highest BCUT2D eigenvalue weighted by atomic mass is 32.2. The van der Waals surface area contributed by atoms with E-state index in [4.69, 9.17) is 5.11 Å². The van der Waals surface area contributed by atoms with Gasteiger partial charge in [0.15, 0.2) is 5.03 Å². The second kappa shape index (κ2) is 7.14. The summed E-state index contributed by atoms with van der Waals surface area (Å²) in [5.41, 5.74) is -0.0951. The Kier molecular flexibility index (Phi) is 5.79. The van der Waals surface area contributed by atoms with E-state index in [9.17, 15) is 18.0 Å². The summed E-state index contributed by atoms with van der Waals surface area (Å²) in [4.78, 5) is 25.3. The van der Waals surface area contributed by atoms with Crippen molar-refractivity contribution < 1.29 is 27.9 Å². The van der Waals surface area contributed by atoms with Crippen LogP contribution in [0.25, 0.3) is 0 Å². The number of aromatic carboxylic acids is 1. The molecule has 0 radical (unpaired) electrons. The minimum absolute atomic E-state index is 0.0951. The molecule has 0 bridgehead atoms. The van der Waals surface area contributed by atoms with Crippen molar-refractivity contribution in [3.63, 3.8) is 0 Å². The number of hydrogen-bond acceptors (Lipinski definition) is 6. The molecule has 0 aliphatic rings. The number of nitrogens with zero attached hydrogens (tertiary/aromatic N) is 2. The zero-order chi connectivity index (χ0) is 16.0. The molecule has 0 aromatic carbocycles. The number of rotatable bonds is 7. The molecule has 1 aromatic rings. The van der Waals surface area contributed by atoms with Crippen molar-refractivity contribution in [2.24, 2.45) is 0 Å². The third-order valence-electron chi connectivity index (χ3n) is 2.74. The molecule has 1 N–H and O–H groups in total. The molecule has 1 rings (SSSR count). The average Bonchev–Trinajstić information content (AvgIpc) is 2.46. The standard InChI is InChI=1S/C12H16N2O6S/c1-14(7-3-4-11(15)20-2)21(18,19)10-6-5-9(8-13-10)12(16)17/h5-6,8H,3-4,7H2,1-2H3,(H,16,17). The molecule has 0 saturated heterocycles. The Balaban J connectivity index is 2.75. The van der Waals surface area contributed by atoms with E-state index in [2.05, 4.69) is 9.72 Å². The molecular weight excluding hydrogens is 300 g/mol. The van der Waals surface area contributed by atoms with Crippen LogP contribution in [0.3, 0.4) is 0 Å². The Bertz CT molecular complexity index is 611. The minimum atomic E-state index is -3.81. The molecule has 0 atom stereocenters. The average molecular weight is 316 g/mol. The van der Waals surface area contributed by atoms with E-state index in [0.29, 0.717) is 6.42 Å². The minimum Gasteiger partial charge on any atom is -0.478 e. The number of carboxylic acids is 1. The van der Waals surface area contributed by atoms with Crippen molar-refractivity contribution in [2.75, 3.05) is 20.7 Å². The molecule has 0 fully saturated rings. The molecule has 0 saturated carbocycles. The van der Waals surface area contributed by atoms with E-state index in [1.807, 2.05) is 0 Å². The molecule has 0 spiro atoms. The molecule has 0 unspecified atom stereocenters. The zero-order valence-corrected chi connectivity index (χ0v) is 12.5. The van der Waals surface area contributed by atoms with Crippen molar-refractivity contribution in [1.29, 1.82) is 0 Å². The van der Waals surface area contributed by atoms with Gasteiger partial charge in [-0.2, -0.15) is 4.31 Å². The summed E-state index contributed by atoms with van der Waals surface area (Å²) >= 11 is 0. The molecule has 1 heterocycles. The molecule has 0 aliphatic heterocycles. The first-order valence-electron chi connectivity index (χ1n) is 6.01. The first kappa shape index (κ1) is 17.1. The normalized spacial score (nSPS) is 11.4. The Morgan fingerprint density at radius 2 is 2.05 bits per heavy atom. The van der Waals surface area contributed by atoms with Crippen LogP contribution in [0.4, 0.5) is 0 Å². The van der Waals surface area contributed by atoms with Crippen molar-refractivity contribution in [3.05, 3.63) is 23.9 Å². The highest BCUT2D eigenvalue weighted by Crippen LogP contribution is 2.13. The number of carbonyl (C=O) groups is 2. The number of pyridine rings is 1. The molecule has 1 aromatic heterocycles. The number of carbonyl (C=O) groups excluding carboxylic acids is 1. The van der Waals surface area contributed by atoms with Crippen LogP contribution in [-0.4, -0.2) is 55.5 Å². The van der Waals surface area contributed by atoms with Crippen LogP contribution in [0, 0.1) is 0 Å². The van der Waals surface area contributed by atoms with Gasteiger partial charge in [-0.25, -0.2) is 18.2 Å². The van der Waals surface area contributed by atoms with Crippen LogP contribution < -0.4 is 0 Å². The van der Waals surface area contributed by atoms with E-state index in [0.717, 1.165) is 16.6 Å². The van der Waals surface area contributed by atoms with E-state index in [-0.39, 0.29) is 23.6 Å². The van der Waals surface area contributed by atoms with Gasteiger partial charge in [0, 0.05) is 26.2 Å². The SMILES string of the molecule is COC(=O)CCCN(C)S(=O)(=O)c1ccc(C(=O)O)cn1. The third kappa shape index (κ3) is 4.50. The van der Waals surface area contributed by atoms with Gasteiger partial charge < -0.3 is 9.84 Å². The quantitative estimate of drug-likeness (QED) is 0.722. The highest BCUT2D eigenvalue weighted by molar-refractivity contribution is 7.89. The largest absolute Gasteiger partial charge is 0.478 e. The first-order valence-corrected chi connectivity index (χ1v) is 7.45. The Morgan fingerprint density at radius 1 is 1.38 bits per heavy atom. The monoisotopic (exact) mass is 316 g/mol. The van der Waals surface area contributed by atoms with E-state index >= 15 is 0 Å². The Morgan fingerprint density at radius 3 is 2.52 bits per heavy atom. The lowest BCUT2D eigenvalue weighted by Gasteiger charge is -2.16. The number of carboxylic acid groups (broad SMARTS) is 1. The van der Waals surface area contributed by atoms with Crippen LogP contribution >= 0.6 is 0 Å². The van der Waals surface area contributed by atoms with Gasteiger partial charge in [-0.15, -0.1) is 0 Å². The predicted molar refractivity (Wildman–Crippen MR) is 72.3 cm³/mol. The van der Waals surface area contributed by atoms with Crippen LogP contribution in [0.15, 0.2) is 23.4 Å². The molecule has 9 heteroatoms. The molecule has 0 aliphatic carbocycles. The van der Waals surface area contributed by atoms with Gasteiger partial charge in [-0.3, -0.25) is 4.79 Å². The van der Waals surface area contributed by atoms with Gasteiger partial charge in [0.25, 0.3) is 10.0 Å². The lowest BCUT2D eigenvalue weighted by atomic mass is 10.3. The first-order chi connectivity index (χ1) is 9.78. The summed E-state index contributed by atoms with van der Waals surface area (Å²) in [5, 5.41) is 8.49. The van der Waals surface area contributed by atoms with Gasteiger partial charge >= 0.3 is 11.9 Å². The van der Waals surface area contributed by atoms with Crippen LogP contribution in [0.2, 0.25) is 0 Å². The number of hydrogen-bond donors (Lipinski definition) is 1. The van der Waals surface area contributed by atoms with Crippen molar-refractivity contribution >= 4 is 22.0 Å². The predicted octanol–water partition coefficient (Wildman–Crippen LogP) is 0.353. The fourth-order valence-electron chi connectivity index (χ4n) is 1.49. The van der Waals surface area contributed by atoms with Crippen LogP contribution in [-0.2, 0) is 19.6 Å². The zero-order valence-electron chi connectivity index (χ0n) is 11.6. The Labute approximate surface area is 122 Å². The molecule has 0 amide bonds. The summed E-state index contributed by atoms with van der Waals surface area (Å²) in [5.74, 6) is -1.59. The summed E-state index contributed by atoms with van der Waals surface area (Å²) < 4.78 is 29.8. The fourth-order valence-corrected chi connectivity index (χ4v) is 2.60. The fraction of sp³-hybridized carbons (Fsp3) is 0.417. The highest BCUT2D eigenvalue weighted by Gasteiger charge is 2.22. The van der Waals surface area contributed by atoms with Crippen LogP contribution in [0.5, 0.6) is 0 Å². The molecule has 21 heavy (non-hydrogen) atoms. The summed E-state index contributed by atoms with van der Waals surface area (Å²) in [6, 6.07) is 2.31. The molecular formula is C12H16N2O6S. The number of aromatic nitrogens is 1. The van der Waals surface area contributed by atoms with Gasteiger partial charge in [-0.05, 0) is 18.6 Å². The van der Waals surface area contributed by atoms with Gasteiger partial charge in [0.1, 0.15) is 0 Å². The number of sulfonamides is 1. The summed E-state index contributed by atoms with van der Waals surface area (Å²) in [7, 11) is -1.19. The summed E-state index contributed by atoms with van der Waals surface area (Å²) in [6.45, 7) is 0.125. The van der Waals surface area contributed by atoms with Crippen molar-refractivity contribution in [2.45, 2.75) is 17.9 Å². The topological polar surface area (TPSA) is 114 Å². The molecule has 8 nitrogen and oxygen atoms in total. The third-order valence-corrected chi connectivity index (χ3v) is 4.51. The second-order valence-electron chi connectivity index (χ2n) is 4.20. The lowest BCUT2D eigenvalue weighted by molar-refractivity contribution is -0.140. The smallest absolute Gasteiger partial charge is 0.337 e. The number of ether oxygens (including phenoxy) is 1. The van der Waals surface area contributed by atoms with Gasteiger partial charge in [0.05, 0.1) is 12.7 Å². The van der Waals surface area contributed by atoms with E-state index in [1.165, 1.54) is 20.2 Å². The van der Waals surface area contributed by atoms with Gasteiger partial charge in [0.2, 0.25) is 0 Å². The maximum Gasteiger partial charge on any atom is 0.337 e. The number of esters is 1.